The Balaban J connectivity index is 0.00000289. The average Bonchev–Trinajstić information content (AvgIpc) is 2.28. The largest absolute Gasteiger partial charge is 0.376 e. The maximum absolute atomic E-state index is 11.7. The highest BCUT2D eigenvalue weighted by atomic mass is 35.5. The molecule has 1 heterocycles. The predicted octanol–water partition coefficient (Wildman–Crippen LogP) is 1.49. The molecule has 18 heavy (non-hydrogen) atoms. The predicted molar refractivity (Wildman–Crippen MR) is 77.3 cm³/mol. The fourth-order valence-electron chi connectivity index (χ4n) is 1.24. The van der Waals surface area contributed by atoms with E-state index in [1.54, 1.807) is 12.3 Å². The Hall–Kier alpha value is -1.33. The first-order valence-electron chi connectivity index (χ1n) is 5.61. The second-order valence-electron chi connectivity index (χ2n) is 4.56. The molecule has 1 amide bonds. The van der Waals surface area contributed by atoms with Crippen molar-refractivity contribution in [3.63, 3.8) is 0 Å². The van der Waals surface area contributed by atoms with Gasteiger partial charge in [0.15, 0.2) is 0 Å². The van der Waals surface area contributed by atoms with E-state index in [0.717, 1.165) is 5.69 Å². The van der Waals surface area contributed by atoms with E-state index in [1.807, 2.05) is 38.9 Å². The number of nitrogens with zero attached hydrogens (tertiary/aromatic N) is 2. The molecule has 1 rings (SSSR count). The Labute approximate surface area is 114 Å². The zero-order valence-electron chi connectivity index (χ0n) is 11.2. The van der Waals surface area contributed by atoms with Crippen molar-refractivity contribution in [3.05, 3.63) is 18.3 Å². The number of hydrogen-bond donors (Lipinski definition) is 2. The lowest BCUT2D eigenvalue weighted by Gasteiger charge is -2.16. The molecular weight excluding hydrogens is 252 g/mol. The van der Waals surface area contributed by atoms with Gasteiger partial charge in [0.25, 0.3) is 0 Å². The van der Waals surface area contributed by atoms with Gasteiger partial charge in [-0.15, -0.1) is 12.4 Å². The summed E-state index contributed by atoms with van der Waals surface area (Å²) in [6.07, 6.45) is 1.70. The molecule has 3 N–H and O–H groups in total. The lowest BCUT2D eigenvalue weighted by molar-refractivity contribution is -0.118. The van der Waals surface area contributed by atoms with Gasteiger partial charge < -0.3 is 16.0 Å². The van der Waals surface area contributed by atoms with Gasteiger partial charge in [0, 0.05) is 14.1 Å². The summed E-state index contributed by atoms with van der Waals surface area (Å²) in [5.74, 6) is 0.429. The summed E-state index contributed by atoms with van der Waals surface area (Å²) in [4.78, 5) is 17.8. The molecule has 1 aromatic heterocycles. The van der Waals surface area contributed by atoms with Gasteiger partial charge in [0.05, 0.1) is 17.9 Å². The zero-order chi connectivity index (χ0) is 13.0. The van der Waals surface area contributed by atoms with Crippen LogP contribution in [0, 0.1) is 5.92 Å². The standard InChI is InChI=1S/C12H20N4O.ClH/c1-8(2)11(13)12(17)15-10-6-5-9(7-14-10)16(3)4;/h5-8,11H,13H2,1-4H3,(H,14,15,17);1H/t11-;/m0./s1. The van der Waals surface area contributed by atoms with Gasteiger partial charge >= 0.3 is 0 Å². The van der Waals surface area contributed by atoms with Gasteiger partial charge in [-0.05, 0) is 18.1 Å². The minimum absolute atomic E-state index is 0. The molecule has 0 aromatic carbocycles. The molecule has 0 bridgehead atoms. The third kappa shape index (κ3) is 4.50. The van der Waals surface area contributed by atoms with Crippen LogP contribution in [-0.2, 0) is 4.79 Å². The number of carbonyl (C=O) groups excluding carboxylic acids is 1. The smallest absolute Gasteiger partial charge is 0.242 e. The molecule has 0 fully saturated rings. The van der Waals surface area contributed by atoms with Crippen LogP contribution in [0.5, 0.6) is 0 Å². The number of halogens is 1. The van der Waals surface area contributed by atoms with E-state index < -0.39 is 6.04 Å². The van der Waals surface area contributed by atoms with Crippen molar-refractivity contribution in [2.45, 2.75) is 19.9 Å². The van der Waals surface area contributed by atoms with Crippen LogP contribution in [0.1, 0.15) is 13.8 Å². The highest BCUT2D eigenvalue weighted by molar-refractivity contribution is 5.94. The lowest BCUT2D eigenvalue weighted by Crippen LogP contribution is -2.39. The Morgan fingerprint density at radius 1 is 1.39 bits per heavy atom. The van der Waals surface area contributed by atoms with Crippen molar-refractivity contribution in [1.29, 1.82) is 0 Å². The summed E-state index contributed by atoms with van der Waals surface area (Å²) in [6.45, 7) is 3.82. The van der Waals surface area contributed by atoms with Crippen molar-refractivity contribution in [1.82, 2.24) is 4.98 Å². The second kappa shape index (κ2) is 7.18. The van der Waals surface area contributed by atoms with Gasteiger partial charge in [0.2, 0.25) is 5.91 Å². The Bertz CT molecular complexity index is 378. The molecule has 6 heteroatoms. The molecule has 0 spiro atoms. The average molecular weight is 273 g/mol. The van der Waals surface area contributed by atoms with Gasteiger partial charge in [-0.1, -0.05) is 13.8 Å². The molecule has 0 aliphatic rings. The summed E-state index contributed by atoms with van der Waals surface area (Å²) >= 11 is 0. The minimum atomic E-state index is -0.509. The van der Waals surface area contributed by atoms with E-state index in [-0.39, 0.29) is 24.2 Å². The topological polar surface area (TPSA) is 71.2 Å². The first kappa shape index (κ1) is 16.7. The van der Waals surface area contributed by atoms with Crippen LogP contribution in [0.25, 0.3) is 0 Å². The first-order valence-corrected chi connectivity index (χ1v) is 5.61. The van der Waals surface area contributed by atoms with Crippen molar-refractivity contribution in [2.24, 2.45) is 11.7 Å². The highest BCUT2D eigenvalue weighted by Crippen LogP contribution is 2.12. The number of hydrogen-bond acceptors (Lipinski definition) is 4. The number of nitrogens with one attached hydrogen (secondary N) is 1. The van der Waals surface area contributed by atoms with Crippen molar-refractivity contribution in [3.8, 4) is 0 Å². The van der Waals surface area contributed by atoms with Gasteiger partial charge in [-0.25, -0.2) is 4.98 Å². The summed E-state index contributed by atoms with van der Waals surface area (Å²) in [5.41, 5.74) is 6.72. The molecule has 0 aliphatic carbocycles. The van der Waals surface area contributed by atoms with Crippen LogP contribution in [0.15, 0.2) is 18.3 Å². The van der Waals surface area contributed by atoms with Crippen molar-refractivity contribution in [2.75, 3.05) is 24.3 Å². The molecule has 0 aliphatic heterocycles. The second-order valence-corrected chi connectivity index (χ2v) is 4.56. The Morgan fingerprint density at radius 2 is 2.00 bits per heavy atom. The van der Waals surface area contributed by atoms with Crippen LogP contribution in [0.4, 0.5) is 11.5 Å². The van der Waals surface area contributed by atoms with Crippen LogP contribution >= 0.6 is 12.4 Å². The molecule has 5 nitrogen and oxygen atoms in total. The lowest BCUT2D eigenvalue weighted by atomic mass is 10.1. The number of pyridine rings is 1. The number of amides is 1. The van der Waals surface area contributed by atoms with Crippen molar-refractivity contribution < 1.29 is 4.79 Å². The van der Waals surface area contributed by atoms with Crippen molar-refractivity contribution >= 4 is 29.8 Å². The molecule has 0 unspecified atom stereocenters. The first-order chi connectivity index (χ1) is 7.91. The fraction of sp³-hybridized carbons (Fsp3) is 0.500. The molecule has 1 atom stereocenters. The molecule has 0 saturated carbocycles. The molecular formula is C12H21ClN4O. The van der Waals surface area contributed by atoms with E-state index in [0.29, 0.717) is 5.82 Å². The number of rotatable bonds is 4. The van der Waals surface area contributed by atoms with Crippen LogP contribution in [0.2, 0.25) is 0 Å². The number of anilines is 2. The van der Waals surface area contributed by atoms with Crippen LogP contribution < -0.4 is 16.0 Å². The van der Waals surface area contributed by atoms with E-state index in [4.69, 9.17) is 5.73 Å². The minimum Gasteiger partial charge on any atom is -0.376 e. The van der Waals surface area contributed by atoms with Gasteiger partial charge in [-0.2, -0.15) is 0 Å². The maximum atomic E-state index is 11.7. The SMILES string of the molecule is CC(C)[C@H](N)C(=O)Nc1ccc(N(C)C)cn1.Cl. The number of carbonyl (C=O) groups is 1. The van der Waals surface area contributed by atoms with E-state index in [1.165, 1.54) is 0 Å². The monoisotopic (exact) mass is 272 g/mol. The Kier molecular flexibility index (Phi) is 6.65. The number of nitrogens with two attached hydrogens (primary N) is 1. The summed E-state index contributed by atoms with van der Waals surface area (Å²) in [5, 5.41) is 2.70. The van der Waals surface area contributed by atoms with Crippen LogP contribution in [-0.4, -0.2) is 31.0 Å². The number of aromatic nitrogens is 1. The zero-order valence-corrected chi connectivity index (χ0v) is 12.0. The maximum Gasteiger partial charge on any atom is 0.242 e. The third-order valence-corrected chi connectivity index (χ3v) is 2.54. The molecule has 1 aromatic rings. The van der Waals surface area contributed by atoms with Crippen LogP contribution in [0.3, 0.4) is 0 Å². The molecule has 0 saturated heterocycles. The highest BCUT2D eigenvalue weighted by Gasteiger charge is 2.17. The molecule has 0 radical (unpaired) electrons. The third-order valence-electron chi connectivity index (χ3n) is 2.54. The normalized spacial score (nSPS) is 11.7. The fourth-order valence-corrected chi connectivity index (χ4v) is 1.24. The van der Waals surface area contributed by atoms with E-state index >= 15 is 0 Å². The van der Waals surface area contributed by atoms with E-state index in [9.17, 15) is 4.79 Å². The summed E-state index contributed by atoms with van der Waals surface area (Å²) in [7, 11) is 3.87. The quantitative estimate of drug-likeness (QED) is 0.871. The Morgan fingerprint density at radius 3 is 2.39 bits per heavy atom. The van der Waals surface area contributed by atoms with E-state index in [2.05, 4.69) is 10.3 Å². The summed E-state index contributed by atoms with van der Waals surface area (Å²) < 4.78 is 0. The van der Waals surface area contributed by atoms with Gasteiger partial charge in [0.1, 0.15) is 5.82 Å². The van der Waals surface area contributed by atoms with Gasteiger partial charge in [-0.3, -0.25) is 4.79 Å². The summed E-state index contributed by atoms with van der Waals surface area (Å²) in [6, 6.07) is 3.15. The molecule has 102 valence electrons.